The molecule has 2 bridgehead atoms. The number of fused-ring (bicyclic) bond motifs is 5. The van der Waals surface area contributed by atoms with E-state index >= 15 is 0 Å². The number of amides is 2. The molecule has 3 aliphatic rings. The van der Waals surface area contributed by atoms with Crippen LogP contribution in [0.1, 0.15) is 31.4 Å². The topological polar surface area (TPSA) is 117 Å². The fourth-order valence-corrected chi connectivity index (χ4v) is 7.17. The number of benzene rings is 2. The lowest BCUT2D eigenvalue weighted by Gasteiger charge is -2.35. The van der Waals surface area contributed by atoms with Crippen molar-refractivity contribution in [3.05, 3.63) is 59.7 Å². The lowest BCUT2D eigenvalue weighted by Crippen LogP contribution is -2.56. The molecule has 188 valence electrons. The Morgan fingerprint density at radius 3 is 2.33 bits per heavy atom. The maximum Gasteiger partial charge on any atom is 0.417 e. The first kappa shape index (κ1) is 24.4. The van der Waals surface area contributed by atoms with Gasteiger partial charge < -0.3 is 4.74 Å². The number of carbonyl (C=O) groups excluding carboxylic acids is 2. The third kappa shape index (κ3) is 3.37. The van der Waals surface area contributed by atoms with Gasteiger partial charge in [0.2, 0.25) is 21.8 Å². The van der Waals surface area contributed by atoms with E-state index in [1.54, 1.807) is 25.1 Å². The van der Waals surface area contributed by atoms with Crippen molar-refractivity contribution in [3.63, 3.8) is 0 Å². The number of halogens is 3. The summed E-state index contributed by atoms with van der Waals surface area (Å²) in [5.74, 6) is -3.62. The average molecular weight is 520 g/mol. The van der Waals surface area contributed by atoms with Crippen LogP contribution < -0.4 is 9.62 Å². The molecule has 5 atom stereocenters. The number of hydrogen-bond donors (Lipinski definition) is 1. The molecule has 0 spiro atoms. The molecule has 3 fully saturated rings. The van der Waals surface area contributed by atoms with Crippen LogP contribution >= 0.6 is 0 Å². The Hall–Kier alpha value is -3.27. The smallest absolute Gasteiger partial charge is 0.366 e. The molecule has 1 N–H and O–H groups in total. The summed E-state index contributed by atoms with van der Waals surface area (Å²) >= 11 is 0. The molecule has 5 rings (SSSR count). The first-order valence-corrected chi connectivity index (χ1v) is 12.5. The zero-order valence-corrected chi connectivity index (χ0v) is 19.9. The molecule has 12 heteroatoms. The van der Waals surface area contributed by atoms with Gasteiger partial charge in [0, 0.05) is 0 Å². The second kappa shape index (κ2) is 7.61. The molecule has 0 radical (unpaired) electrons. The lowest BCUT2D eigenvalue weighted by atomic mass is 9.67. The number of carbonyl (C=O) groups is 2. The zero-order chi connectivity index (χ0) is 26.3. The Bertz CT molecular complexity index is 1440. The van der Waals surface area contributed by atoms with Gasteiger partial charge in [-0.25, -0.2) is 18.0 Å². The largest absolute Gasteiger partial charge is 0.417 e. The highest BCUT2D eigenvalue weighted by atomic mass is 32.2. The van der Waals surface area contributed by atoms with Gasteiger partial charge in [0.25, 0.3) is 0 Å². The Balaban J connectivity index is 1.51. The third-order valence-corrected chi connectivity index (χ3v) is 8.86. The predicted octanol–water partition coefficient (Wildman–Crippen LogP) is 2.98. The molecule has 3 heterocycles. The van der Waals surface area contributed by atoms with Gasteiger partial charge in [-0.05, 0) is 50.6 Å². The summed E-state index contributed by atoms with van der Waals surface area (Å²) in [6, 6.07) is 10.9. The minimum Gasteiger partial charge on any atom is -0.366 e. The summed E-state index contributed by atoms with van der Waals surface area (Å²) in [7, 11) is -3.98. The highest BCUT2D eigenvalue weighted by molar-refractivity contribution is 7.89. The third-order valence-electron chi connectivity index (χ3n) is 7.37. The van der Waals surface area contributed by atoms with E-state index in [-0.39, 0.29) is 17.0 Å². The van der Waals surface area contributed by atoms with Crippen molar-refractivity contribution >= 4 is 27.5 Å². The van der Waals surface area contributed by atoms with Crippen LogP contribution in [0.4, 0.5) is 18.9 Å². The summed E-state index contributed by atoms with van der Waals surface area (Å²) in [6.07, 6.45) is -4.78. The molecular formula is C24H20F3N3O5S. The van der Waals surface area contributed by atoms with E-state index in [0.29, 0.717) is 11.0 Å². The number of hydrogen-bond acceptors (Lipinski definition) is 6. The summed E-state index contributed by atoms with van der Waals surface area (Å²) in [4.78, 5) is 27.6. The number of rotatable bonds is 4. The Kier molecular flexibility index (Phi) is 5.17. The number of nitrogens with one attached hydrogen (secondary N) is 1. The van der Waals surface area contributed by atoms with Gasteiger partial charge in [0.1, 0.15) is 0 Å². The fraction of sp³-hybridized carbons (Fsp3) is 0.375. The van der Waals surface area contributed by atoms with Crippen LogP contribution in [-0.4, -0.2) is 37.5 Å². The zero-order valence-electron chi connectivity index (χ0n) is 19.0. The van der Waals surface area contributed by atoms with Crippen LogP contribution in [0.3, 0.4) is 0 Å². The number of nitriles is 1. The Labute approximate surface area is 204 Å². The number of anilines is 1. The maximum absolute atomic E-state index is 13.5. The standard InChI is InChI=1S/C24H20F3N3O5S/c1-22-11-17(29-36(33,34)15-6-4-3-5-7-15)23(2,35-22)19-18(22)20(31)30(21(19)32)14-9-8-13(12-28)16(10-14)24(25,26)27/h3-10,17-19,29H,11H2,1-2H3/t17-,18-,19+,22-,23+/m1/s1. The van der Waals surface area contributed by atoms with E-state index < -0.39 is 68.2 Å². The minimum atomic E-state index is -4.87. The molecule has 0 unspecified atom stereocenters. The number of imide groups is 1. The van der Waals surface area contributed by atoms with Gasteiger partial charge in [-0.15, -0.1) is 0 Å². The number of nitrogens with zero attached hydrogens (tertiary/aromatic N) is 2. The molecular weight excluding hydrogens is 499 g/mol. The predicted molar refractivity (Wildman–Crippen MR) is 119 cm³/mol. The molecule has 2 amide bonds. The second-order valence-corrected chi connectivity index (χ2v) is 11.3. The number of sulfonamides is 1. The van der Waals surface area contributed by atoms with Gasteiger partial charge in [0.05, 0.1) is 56.9 Å². The first-order valence-electron chi connectivity index (χ1n) is 11.0. The number of ether oxygens (including phenoxy) is 1. The molecule has 3 saturated heterocycles. The van der Waals surface area contributed by atoms with Crippen molar-refractivity contribution in [1.82, 2.24) is 4.72 Å². The van der Waals surface area contributed by atoms with E-state index in [0.717, 1.165) is 12.1 Å². The van der Waals surface area contributed by atoms with Crippen molar-refractivity contribution < 1.29 is 35.9 Å². The van der Waals surface area contributed by atoms with E-state index in [2.05, 4.69) is 4.72 Å². The van der Waals surface area contributed by atoms with Crippen molar-refractivity contribution in [2.45, 2.75) is 48.6 Å². The normalized spacial score (nSPS) is 31.6. The highest BCUT2D eigenvalue weighted by Gasteiger charge is 2.76. The molecule has 3 aliphatic heterocycles. The van der Waals surface area contributed by atoms with Crippen molar-refractivity contribution in [2.75, 3.05) is 4.90 Å². The summed E-state index contributed by atoms with van der Waals surface area (Å²) in [5, 5.41) is 9.05. The van der Waals surface area contributed by atoms with Crippen molar-refractivity contribution in [3.8, 4) is 6.07 Å². The van der Waals surface area contributed by atoms with Crippen molar-refractivity contribution in [1.29, 1.82) is 5.26 Å². The van der Waals surface area contributed by atoms with E-state index in [4.69, 9.17) is 10.00 Å². The van der Waals surface area contributed by atoms with Gasteiger partial charge >= 0.3 is 6.18 Å². The quantitative estimate of drug-likeness (QED) is 0.621. The molecule has 0 aromatic heterocycles. The van der Waals surface area contributed by atoms with Crippen LogP contribution in [0.15, 0.2) is 53.4 Å². The second-order valence-electron chi connectivity index (χ2n) is 9.60. The fourth-order valence-electron chi connectivity index (χ4n) is 5.83. The summed E-state index contributed by atoms with van der Waals surface area (Å²) in [6.45, 7) is 3.14. The maximum atomic E-state index is 13.5. The van der Waals surface area contributed by atoms with Crippen LogP contribution in [-0.2, 0) is 30.5 Å². The van der Waals surface area contributed by atoms with E-state index in [1.165, 1.54) is 25.1 Å². The van der Waals surface area contributed by atoms with E-state index in [9.17, 15) is 31.2 Å². The molecule has 8 nitrogen and oxygen atoms in total. The molecule has 2 aromatic carbocycles. The lowest BCUT2D eigenvalue weighted by molar-refractivity contribution is -0.138. The summed E-state index contributed by atoms with van der Waals surface area (Å²) in [5.41, 5.74) is -4.83. The number of alkyl halides is 3. The van der Waals surface area contributed by atoms with Crippen LogP contribution in [0, 0.1) is 23.2 Å². The van der Waals surface area contributed by atoms with Crippen LogP contribution in [0.5, 0.6) is 0 Å². The van der Waals surface area contributed by atoms with Gasteiger partial charge in [-0.1, -0.05) is 18.2 Å². The average Bonchev–Trinajstić information content (AvgIpc) is 3.33. The summed E-state index contributed by atoms with van der Waals surface area (Å²) < 4.78 is 75.2. The minimum absolute atomic E-state index is 0.0193. The molecule has 2 aromatic rings. The SMILES string of the molecule is C[C@]12O[C@](C)(C[C@H]1NS(=O)(=O)c1ccccc1)[C@H]1C(=O)N(c3ccc(C#N)c(C(F)(F)F)c3)C(=O)[C@H]12. The van der Waals surface area contributed by atoms with Gasteiger partial charge in [-0.3, -0.25) is 9.59 Å². The van der Waals surface area contributed by atoms with Gasteiger partial charge in [0.15, 0.2) is 0 Å². The molecule has 0 saturated carbocycles. The molecule has 0 aliphatic carbocycles. The van der Waals surface area contributed by atoms with Crippen LogP contribution in [0.2, 0.25) is 0 Å². The van der Waals surface area contributed by atoms with Crippen molar-refractivity contribution in [2.24, 2.45) is 11.8 Å². The Morgan fingerprint density at radius 1 is 1.08 bits per heavy atom. The van der Waals surface area contributed by atoms with Gasteiger partial charge in [-0.2, -0.15) is 18.4 Å². The monoisotopic (exact) mass is 519 g/mol. The highest BCUT2D eigenvalue weighted by Crippen LogP contribution is 2.61. The molecule has 36 heavy (non-hydrogen) atoms. The first-order chi connectivity index (χ1) is 16.7. The van der Waals surface area contributed by atoms with Crippen LogP contribution in [0.25, 0.3) is 0 Å². The van der Waals surface area contributed by atoms with E-state index in [1.807, 2.05) is 0 Å². The Morgan fingerprint density at radius 2 is 1.72 bits per heavy atom.